The molecule has 0 aromatic carbocycles. The lowest BCUT2D eigenvalue weighted by atomic mass is 9.90. The van der Waals surface area contributed by atoms with Crippen LogP contribution in [0.4, 0.5) is 0 Å². The first-order valence-electron chi connectivity index (χ1n) is 12.2. The molecule has 1 N–H and O–H groups in total. The molecular formula is C26H48O6Si2. The van der Waals surface area contributed by atoms with Gasteiger partial charge in [-0.15, -0.1) is 0 Å². The molecule has 0 saturated heterocycles. The molecule has 6 nitrogen and oxygen atoms in total. The Morgan fingerprint density at radius 1 is 0.824 bits per heavy atom. The van der Waals surface area contributed by atoms with E-state index in [-0.39, 0.29) is 28.4 Å². The van der Waals surface area contributed by atoms with Crippen LogP contribution in [-0.2, 0) is 23.1 Å². The Bertz CT molecular complexity index is 796. The molecule has 0 spiro atoms. The molecular weight excluding hydrogens is 464 g/mol. The summed E-state index contributed by atoms with van der Waals surface area (Å²) < 4.78 is 31.0. The Morgan fingerprint density at radius 3 is 1.68 bits per heavy atom. The van der Waals surface area contributed by atoms with E-state index in [1.54, 1.807) is 38.5 Å². The molecule has 3 atom stereocenters. The van der Waals surface area contributed by atoms with Gasteiger partial charge in [0.2, 0.25) is 5.79 Å². The van der Waals surface area contributed by atoms with Crippen molar-refractivity contribution in [2.45, 2.75) is 114 Å². The van der Waals surface area contributed by atoms with Gasteiger partial charge < -0.3 is 28.2 Å². The van der Waals surface area contributed by atoms with Gasteiger partial charge in [-0.1, -0.05) is 41.5 Å². The van der Waals surface area contributed by atoms with Crippen LogP contribution >= 0.6 is 0 Å². The van der Waals surface area contributed by atoms with E-state index in [1.165, 1.54) is 0 Å². The summed E-state index contributed by atoms with van der Waals surface area (Å²) in [5, 5.41) is 11.6. The van der Waals surface area contributed by atoms with Crippen molar-refractivity contribution < 1.29 is 28.2 Å². The van der Waals surface area contributed by atoms with Gasteiger partial charge in [-0.2, -0.15) is 0 Å². The van der Waals surface area contributed by atoms with Crippen LogP contribution in [0.2, 0.25) is 36.3 Å². The van der Waals surface area contributed by atoms with Crippen LogP contribution in [0.1, 0.15) is 48.5 Å². The van der Waals surface area contributed by atoms with E-state index in [0.717, 1.165) is 0 Å². The van der Waals surface area contributed by atoms with Gasteiger partial charge in [0.1, 0.15) is 18.0 Å². The van der Waals surface area contributed by atoms with E-state index in [4.69, 9.17) is 23.1 Å². The standard InChI is InChI=1S/C26H48O6Si2/c1-19-22(32-34(12,13)24(5,6)7)20(31-33(10,11)23(2,3)4)18-21(30-19)25(27)14-16-26(28-8,29-9)17-15-25/h14-20,22,27H,1-13H3/t19-,20-,22-/m0/s1. The van der Waals surface area contributed by atoms with Gasteiger partial charge >= 0.3 is 0 Å². The highest BCUT2D eigenvalue weighted by Crippen LogP contribution is 2.44. The van der Waals surface area contributed by atoms with Gasteiger partial charge in [0.25, 0.3) is 0 Å². The molecule has 0 fully saturated rings. The number of aliphatic hydroxyl groups is 1. The van der Waals surface area contributed by atoms with Crippen molar-refractivity contribution in [2.24, 2.45) is 0 Å². The topological polar surface area (TPSA) is 66.4 Å². The summed E-state index contributed by atoms with van der Waals surface area (Å²) in [6.07, 6.45) is 7.71. The fraction of sp³-hybridized carbons (Fsp3) is 0.769. The molecule has 2 aliphatic rings. The molecule has 1 heterocycles. The highest BCUT2D eigenvalue weighted by molar-refractivity contribution is 6.74. The van der Waals surface area contributed by atoms with E-state index in [9.17, 15) is 5.11 Å². The van der Waals surface area contributed by atoms with Gasteiger partial charge in [-0.25, -0.2) is 0 Å². The monoisotopic (exact) mass is 512 g/mol. The summed E-state index contributed by atoms with van der Waals surface area (Å²) in [5.74, 6) is -0.565. The zero-order chi connectivity index (χ0) is 26.4. The van der Waals surface area contributed by atoms with E-state index in [2.05, 4.69) is 67.7 Å². The van der Waals surface area contributed by atoms with Crippen molar-refractivity contribution in [1.82, 2.24) is 0 Å². The highest BCUT2D eigenvalue weighted by Gasteiger charge is 2.49. The summed E-state index contributed by atoms with van der Waals surface area (Å²) in [6, 6.07) is 0. The molecule has 0 aromatic rings. The molecule has 0 amide bonds. The molecule has 0 radical (unpaired) electrons. The van der Waals surface area contributed by atoms with Crippen molar-refractivity contribution in [1.29, 1.82) is 0 Å². The quantitative estimate of drug-likeness (QED) is 0.260. The Hall–Kier alpha value is -0.746. The van der Waals surface area contributed by atoms with Crippen molar-refractivity contribution in [3.05, 3.63) is 36.1 Å². The number of hydrogen-bond donors (Lipinski definition) is 1. The van der Waals surface area contributed by atoms with Gasteiger partial charge in [0, 0.05) is 14.2 Å². The van der Waals surface area contributed by atoms with Crippen molar-refractivity contribution in [3.63, 3.8) is 0 Å². The maximum atomic E-state index is 11.5. The normalized spacial score (nSPS) is 27.4. The minimum absolute atomic E-state index is 0.0299. The van der Waals surface area contributed by atoms with E-state index < -0.39 is 28.0 Å². The van der Waals surface area contributed by atoms with E-state index >= 15 is 0 Å². The van der Waals surface area contributed by atoms with Crippen molar-refractivity contribution in [2.75, 3.05) is 14.2 Å². The largest absolute Gasteiger partial charge is 0.489 e. The van der Waals surface area contributed by atoms with Gasteiger partial charge in [-0.05, 0) is 73.6 Å². The number of ether oxygens (including phenoxy) is 3. The smallest absolute Gasteiger partial charge is 0.207 e. The van der Waals surface area contributed by atoms with Crippen LogP contribution < -0.4 is 0 Å². The second kappa shape index (κ2) is 9.61. The van der Waals surface area contributed by atoms with Crippen LogP contribution in [0.15, 0.2) is 36.1 Å². The first-order chi connectivity index (χ1) is 15.2. The van der Waals surface area contributed by atoms with Gasteiger partial charge in [0.05, 0.1) is 6.10 Å². The molecule has 34 heavy (non-hydrogen) atoms. The predicted molar refractivity (Wildman–Crippen MR) is 143 cm³/mol. The lowest BCUT2D eigenvalue weighted by Crippen LogP contribution is -2.57. The summed E-state index contributed by atoms with van der Waals surface area (Å²) in [7, 11) is -1.12. The SMILES string of the molecule is COC1(OC)C=CC(O)(C2=C[C@H](O[Si](C)(C)C(C)(C)C)[C@@H](O[Si](C)(C)C(C)(C)C)[C@H](C)O2)C=C1. The van der Waals surface area contributed by atoms with Crippen molar-refractivity contribution >= 4 is 16.6 Å². The maximum Gasteiger partial charge on any atom is 0.207 e. The zero-order valence-corrected chi connectivity index (χ0v) is 25.6. The highest BCUT2D eigenvalue weighted by atomic mass is 28.4. The second-order valence-electron chi connectivity index (χ2n) is 12.7. The predicted octanol–water partition coefficient (Wildman–Crippen LogP) is 5.92. The lowest BCUT2D eigenvalue weighted by molar-refractivity contribution is -0.137. The van der Waals surface area contributed by atoms with Crippen LogP contribution in [-0.4, -0.2) is 65.7 Å². The van der Waals surface area contributed by atoms with E-state index in [0.29, 0.717) is 5.76 Å². The molecule has 0 aromatic heterocycles. The third-order valence-electron chi connectivity index (χ3n) is 8.06. The van der Waals surface area contributed by atoms with Crippen LogP contribution in [0.25, 0.3) is 0 Å². The molecule has 196 valence electrons. The third-order valence-corrected chi connectivity index (χ3v) is 17.0. The summed E-state index contributed by atoms with van der Waals surface area (Å²) in [5.41, 5.74) is -1.42. The Balaban J connectivity index is 2.50. The minimum Gasteiger partial charge on any atom is -0.489 e. The number of hydrogen-bond acceptors (Lipinski definition) is 6. The molecule has 8 heteroatoms. The molecule has 0 saturated carbocycles. The number of methoxy groups -OCH3 is 2. The van der Waals surface area contributed by atoms with Crippen LogP contribution in [0.3, 0.4) is 0 Å². The Labute approximate surface area is 209 Å². The van der Waals surface area contributed by atoms with Crippen molar-refractivity contribution in [3.8, 4) is 0 Å². The lowest BCUT2D eigenvalue weighted by Gasteiger charge is -2.48. The first-order valence-corrected chi connectivity index (χ1v) is 18.0. The molecule has 1 aliphatic heterocycles. The molecule has 0 unspecified atom stereocenters. The summed E-state index contributed by atoms with van der Waals surface area (Å²) in [4.78, 5) is 0. The first kappa shape index (κ1) is 29.5. The third kappa shape index (κ3) is 5.96. The van der Waals surface area contributed by atoms with Crippen LogP contribution in [0.5, 0.6) is 0 Å². The zero-order valence-electron chi connectivity index (χ0n) is 23.6. The maximum absolute atomic E-state index is 11.5. The summed E-state index contributed by atoms with van der Waals surface area (Å²) in [6.45, 7) is 24.4. The summed E-state index contributed by atoms with van der Waals surface area (Å²) >= 11 is 0. The van der Waals surface area contributed by atoms with Gasteiger partial charge in [0.15, 0.2) is 22.2 Å². The minimum atomic E-state index is -2.15. The average molecular weight is 513 g/mol. The molecule has 2 rings (SSSR count). The molecule has 1 aliphatic carbocycles. The number of rotatable bonds is 7. The Kier molecular flexibility index (Phi) is 8.33. The fourth-order valence-electron chi connectivity index (χ4n) is 3.46. The van der Waals surface area contributed by atoms with Gasteiger partial charge in [-0.3, -0.25) is 0 Å². The second-order valence-corrected chi connectivity index (χ2v) is 22.2. The fourth-order valence-corrected chi connectivity index (χ4v) is 6.06. The average Bonchev–Trinajstić information content (AvgIpc) is 2.69. The molecule has 0 bridgehead atoms. The van der Waals surface area contributed by atoms with E-state index in [1.807, 2.05) is 13.0 Å². The van der Waals surface area contributed by atoms with Crippen LogP contribution in [0, 0.1) is 0 Å². The Morgan fingerprint density at radius 2 is 1.26 bits per heavy atom.